The highest BCUT2D eigenvalue weighted by Gasteiger charge is 2.26. The molecule has 1 fully saturated rings. The van der Waals surface area contributed by atoms with Crippen LogP contribution in [0.5, 0.6) is 5.75 Å². The molecule has 0 amide bonds. The predicted octanol–water partition coefficient (Wildman–Crippen LogP) is 2.61. The lowest BCUT2D eigenvalue weighted by Gasteiger charge is -2.35. The van der Waals surface area contributed by atoms with Crippen molar-refractivity contribution in [3.63, 3.8) is 0 Å². The molecule has 112 valence electrons. The first-order valence-corrected chi connectivity index (χ1v) is 7.02. The molecule has 0 bridgehead atoms. The Labute approximate surface area is 118 Å². The van der Waals surface area contributed by atoms with E-state index in [1.165, 1.54) is 0 Å². The number of nitrogens with one attached hydrogen (secondary N) is 1. The lowest BCUT2D eigenvalue weighted by molar-refractivity contribution is 0.0738. The highest BCUT2D eigenvalue weighted by atomic mass is 19.3. The third-order valence-corrected chi connectivity index (χ3v) is 3.89. The molecule has 0 unspecified atom stereocenters. The molecule has 1 aliphatic heterocycles. The summed E-state index contributed by atoms with van der Waals surface area (Å²) in [6.07, 6.45) is -2.49. The largest absolute Gasteiger partial charge is 0.507 e. The molecule has 5 heteroatoms. The summed E-state index contributed by atoms with van der Waals surface area (Å²) < 4.78 is 25.8. The normalized spacial score (nSPS) is 18.4. The van der Waals surface area contributed by atoms with Gasteiger partial charge in [0, 0.05) is 38.6 Å². The fourth-order valence-corrected chi connectivity index (χ4v) is 2.84. The Morgan fingerprint density at radius 3 is 2.25 bits per heavy atom. The smallest absolute Gasteiger partial charge is 0.240 e. The molecule has 0 saturated carbocycles. The van der Waals surface area contributed by atoms with E-state index in [0.717, 1.165) is 42.9 Å². The van der Waals surface area contributed by atoms with Crippen LogP contribution in [0.3, 0.4) is 0 Å². The Balaban J connectivity index is 2.30. The van der Waals surface area contributed by atoms with Gasteiger partial charge in [-0.3, -0.25) is 4.90 Å². The van der Waals surface area contributed by atoms with Crippen molar-refractivity contribution in [2.75, 3.05) is 26.2 Å². The van der Waals surface area contributed by atoms with Crippen LogP contribution in [0.25, 0.3) is 0 Å². The third kappa shape index (κ3) is 3.46. The molecule has 3 nitrogen and oxygen atoms in total. The summed E-state index contributed by atoms with van der Waals surface area (Å²) in [4.78, 5) is 2.11. The van der Waals surface area contributed by atoms with Crippen molar-refractivity contribution in [3.05, 3.63) is 28.8 Å². The van der Waals surface area contributed by atoms with Crippen molar-refractivity contribution in [1.82, 2.24) is 10.2 Å². The highest BCUT2D eigenvalue weighted by molar-refractivity contribution is 5.43. The lowest BCUT2D eigenvalue weighted by Crippen LogP contribution is -2.45. The zero-order valence-electron chi connectivity index (χ0n) is 12.0. The zero-order chi connectivity index (χ0) is 14.7. The number of halogens is 2. The minimum absolute atomic E-state index is 0.163. The zero-order valence-corrected chi connectivity index (χ0v) is 12.0. The standard InChI is InChI=1S/C15H22F2N2O/c1-10-7-12(8-11(2)15(10)20)13(9-14(16)17)19-5-3-18-4-6-19/h7-8,13-14,18,20H,3-6,9H2,1-2H3/t13-/m0/s1. The first-order chi connectivity index (χ1) is 9.49. The number of piperazine rings is 1. The molecule has 1 aliphatic rings. The van der Waals surface area contributed by atoms with E-state index in [2.05, 4.69) is 10.2 Å². The SMILES string of the molecule is Cc1cc([C@H](CC(F)F)N2CCNCC2)cc(C)c1O. The Hall–Kier alpha value is -1.20. The summed E-state index contributed by atoms with van der Waals surface area (Å²) in [5.41, 5.74) is 2.36. The molecule has 0 spiro atoms. The Morgan fingerprint density at radius 1 is 1.20 bits per heavy atom. The van der Waals surface area contributed by atoms with Crippen molar-refractivity contribution in [3.8, 4) is 5.75 Å². The summed E-state index contributed by atoms with van der Waals surface area (Å²) in [5, 5.41) is 13.1. The van der Waals surface area contributed by atoms with E-state index in [-0.39, 0.29) is 18.2 Å². The van der Waals surface area contributed by atoms with E-state index in [9.17, 15) is 13.9 Å². The number of benzene rings is 1. The van der Waals surface area contributed by atoms with Crippen LogP contribution in [-0.2, 0) is 0 Å². The van der Waals surface area contributed by atoms with Crippen LogP contribution in [0, 0.1) is 13.8 Å². The molecule has 2 N–H and O–H groups in total. The number of phenolic OH excluding ortho intramolecular Hbond substituents is 1. The number of alkyl halides is 2. The van der Waals surface area contributed by atoms with Gasteiger partial charge in [0.15, 0.2) is 0 Å². The fourth-order valence-electron chi connectivity index (χ4n) is 2.84. The maximum Gasteiger partial charge on any atom is 0.240 e. The monoisotopic (exact) mass is 284 g/mol. The van der Waals surface area contributed by atoms with Crippen LogP contribution < -0.4 is 5.32 Å². The van der Waals surface area contributed by atoms with E-state index in [1.807, 2.05) is 26.0 Å². The average Bonchev–Trinajstić information content (AvgIpc) is 2.42. The summed E-state index contributed by atoms with van der Waals surface area (Å²) in [7, 11) is 0. The van der Waals surface area contributed by atoms with Gasteiger partial charge in [0.2, 0.25) is 6.43 Å². The number of rotatable bonds is 4. The highest BCUT2D eigenvalue weighted by Crippen LogP contribution is 2.32. The van der Waals surface area contributed by atoms with Gasteiger partial charge in [-0.05, 0) is 30.5 Å². The van der Waals surface area contributed by atoms with Gasteiger partial charge in [-0.25, -0.2) is 8.78 Å². The molecular formula is C15H22F2N2O. The van der Waals surface area contributed by atoms with Gasteiger partial charge in [0.05, 0.1) is 0 Å². The van der Waals surface area contributed by atoms with Crippen LogP contribution in [0.4, 0.5) is 8.78 Å². The van der Waals surface area contributed by atoms with E-state index in [0.29, 0.717) is 0 Å². The van der Waals surface area contributed by atoms with Crippen LogP contribution in [0.15, 0.2) is 12.1 Å². The van der Waals surface area contributed by atoms with Crippen LogP contribution in [-0.4, -0.2) is 42.6 Å². The molecule has 0 aliphatic carbocycles. The summed E-state index contributed by atoms with van der Waals surface area (Å²) in [5.74, 6) is 0.254. The molecule has 1 atom stereocenters. The van der Waals surface area contributed by atoms with Gasteiger partial charge in [-0.2, -0.15) is 0 Å². The van der Waals surface area contributed by atoms with Gasteiger partial charge in [-0.15, -0.1) is 0 Å². The number of nitrogens with zero attached hydrogens (tertiary/aromatic N) is 1. The lowest BCUT2D eigenvalue weighted by atomic mass is 9.96. The topological polar surface area (TPSA) is 35.5 Å². The van der Waals surface area contributed by atoms with Gasteiger partial charge in [0.1, 0.15) is 5.75 Å². The van der Waals surface area contributed by atoms with Crippen LogP contribution >= 0.6 is 0 Å². The van der Waals surface area contributed by atoms with Crippen molar-refractivity contribution in [2.24, 2.45) is 0 Å². The Morgan fingerprint density at radius 2 is 1.75 bits per heavy atom. The van der Waals surface area contributed by atoms with Crippen LogP contribution in [0.1, 0.15) is 29.2 Å². The van der Waals surface area contributed by atoms with Gasteiger partial charge < -0.3 is 10.4 Å². The minimum atomic E-state index is -2.33. The fraction of sp³-hybridized carbons (Fsp3) is 0.600. The molecule has 2 rings (SSSR count). The van der Waals surface area contributed by atoms with E-state index < -0.39 is 6.43 Å². The van der Waals surface area contributed by atoms with E-state index in [4.69, 9.17) is 0 Å². The number of hydrogen-bond donors (Lipinski definition) is 2. The van der Waals surface area contributed by atoms with Crippen LogP contribution in [0.2, 0.25) is 0 Å². The molecule has 1 saturated heterocycles. The second-order valence-corrected chi connectivity index (χ2v) is 5.43. The minimum Gasteiger partial charge on any atom is -0.507 e. The quantitative estimate of drug-likeness (QED) is 0.892. The molecule has 20 heavy (non-hydrogen) atoms. The number of hydrogen-bond acceptors (Lipinski definition) is 3. The van der Waals surface area contributed by atoms with Crippen molar-refractivity contribution >= 4 is 0 Å². The molecular weight excluding hydrogens is 262 g/mol. The van der Waals surface area contributed by atoms with Gasteiger partial charge in [0.25, 0.3) is 0 Å². The third-order valence-electron chi connectivity index (χ3n) is 3.89. The van der Waals surface area contributed by atoms with E-state index >= 15 is 0 Å². The summed E-state index contributed by atoms with van der Waals surface area (Å²) in [6.45, 7) is 6.82. The maximum atomic E-state index is 12.9. The Kier molecular flexibility index (Phi) is 4.94. The predicted molar refractivity (Wildman–Crippen MR) is 75.4 cm³/mol. The molecule has 1 aromatic rings. The number of aromatic hydroxyl groups is 1. The molecule has 1 heterocycles. The van der Waals surface area contributed by atoms with Crippen molar-refractivity contribution in [1.29, 1.82) is 0 Å². The molecule has 0 radical (unpaired) electrons. The van der Waals surface area contributed by atoms with Gasteiger partial charge >= 0.3 is 0 Å². The first-order valence-electron chi connectivity index (χ1n) is 7.02. The van der Waals surface area contributed by atoms with Crippen molar-refractivity contribution < 1.29 is 13.9 Å². The summed E-state index contributed by atoms with van der Waals surface area (Å²) >= 11 is 0. The van der Waals surface area contributed by atoms with Crippen molar-refractivity contribution in [2.45, 2.75) is 32.7 Å². The second-order valence-electron chi connectivity index (χ2n) is 5.43. The first kappa shape index (κ1) is 15.2. The van der Waals surface area contributed by atoms with Gasteiger partial charge in [-0.1, -0.05) is 12.1 Å². The second kappa shape index (κ2) is 6.50. The van der Waals surface area contributed by atoms with E-state index in [1.54, 1.807) is 0 Å². The molecule has 0 aromatic heterocycles. The number of aryl methyl sites for hydroxylation is 2. The summed E-state index contributed by atoms with van der Waals surface area (Å²) in [6, 6.07) is 3.38. The maximum absolute atomic E-state index is 12.9. The molecule has 1 aromatic carbocycles. The average molecular weight is 284 g/mol. The Bertz CT molecular complexity index is 436. The number of phenols is 1.